The molecule has 0 fully saturated rings. The van der Waals surface area contributed by atoms with E-state index in [0.717, 1.165) is 88.4 Å². The first kappa shape index (κ1) is 35.2. The lowest BCUT2D eigenvalue weighted by molar-refractivity contribution is 1.09. The Morgan fingerprint density at radius 2 is 0.817 bits per heavy atom. The molecule has 8 nitrogen and oxygen atoms in total. The van der Waals surface area contributed by atoms with E-state index in [-0.39, 0.29) is 0 Å². The second-order valence-corrected chi connectivity index (χ2v) is 14.3. The molecule has 0 bridgehead atoms. The van der Waals surface area contributed by atoms with Gasteiger partial charge in [-0.25, -0.2) is 0 Å². The van der Waals surface area contributed by atoms with Gasteiger partial charge in [0.1, 0.15) is 0 Å². The first-order chi connectivity index (χ1) is 29.5. The summed E-state index contributed by atoms with van der Waals surface area (Å²) < 4.78 is 4.39. The van der Waals surface area contributed by atoms with E-state index in [1.54, 1.807) is 24.3 Å². The summed E-state index contributed by atoms with van der Waals surface area (Å²) in [6, 6.07) is 57.8. The maximum Gasteiger partial charge on any atom is 0.0998 e. The van der Waals surface area contributed by atoms with Crippen LogP contribution in [-0.4, -0.2) is 14.1 Å². The van der Waals surface area contributed by atoms with E-state index >= 15 is 0 Å². The third-order valence-electron chi connectivity index (χ3n) is 11.2. The van der Waals surface area contributed by atoms with Crippen molar-refractivity contribution < 1.29 is 0 Å². The van der Waals surface area contributed by atoms with Crippen molar-refractivity contribution in [1.82, 2.24) is 14.1 Å². The minimum atomic E-state index is 0.421. The summed E-state index contributed by atoms with van der Waals surface area (Å²) in [5, 5.41) is 53.6. The Kier molecular flexibility index (Phi) is 8.23. The Balaban J connectivity index is 1.27. The second-order valence-electron chi connectivity index (χ2n) is 14.3. The largest absolute Gasteiger partial charge is 0.307 e. The highest BCUT2D eigenvalue weighted by Gasteiger charge is 2.24. The smallest absolute Gasteiger partial charge is 0.0998 e. The van der Waals surface area contributed by atoms with E-state index in [0.29, 0.717) is 27.8 Å². The number of hydrogen-bond donors (Lipinski definition) is 0. The van der Waals surface area contributed by atoms with Gasteiger partial charge in [-0.05, 0) is 89.0 Å². The molecule has 0 radical (unpaired) electrons. The van der Waals surface area contributed by atoms with E-state index in [1.807, 2.05) is 85.2 Å². The molecule has 60 heavy (non-hydrogen) atoms. The van der Waals surface area contributed by atoms with E-state index in [9.17, 15) is 26.3 Å². The Bertz CT molecular complexity index is 3470. The predicted molar refractivity (Wildman–Crippen MR) is 233 cm³/mol. The topological polar surface area (TPSA) is 142 Å². The molecule has 10 rings (SSSR count). The second kappa shape index (κ2) is 14.0. The van der Waals surface area contributed by atoms with Gasteiger partial charge in [0, 0.05) is 32.7 Å². The molecule has 0 amide bonds. The molecule has 0 spiro atoms. The van der Waals surface area contributed by atoms with Crippen LogP contribution in [0.25, 0.3) is 88.4 Å². The van der Waals surface area contributed by atoms with Gasteiger partial charge in [0.05, 0.1) is 104 Å². The molecule has 0 unspecified atom stereocenters. The molecule has 0 aliphatic heterocycles. The van der Waals surface area contributed by atoms with Crippen LogP contribution in [0.1, 0.15) is 27.8 Å². The SMILES string of the molecule is N#Cc1ccc(-c2ccc3c(c2)c2ccccc2n3-c2cncc(-n3c4ccccc4c4cc(-c5ccc(C#N)cc5C#N)ccc43)c2-c2ccccc2C#N)c(C#N)c1. The van der Waals surface area contributed by atoms with Crippen LogP contribution in [0.3, 0.4) is 0 Å². The van der Waals surface area contributed by atoms with Gasteiger partial charge < -0.3 is 9.13 Å². The average Bonchev–Trinajstić information content (AvgIpc) is 3.82. The monoisotopic (exact) mass is 762 g/mol. The summed E-state index contributed by atoms with van der Waals surface area (Å²) >= 11 is 0. The van der Waals surface area contributed by atoms with Crippen LogP contribution >= 0.6 is 0 Å². The molecule has 3 heterocycles. The third kappa shape index (κ3) is 5.38. The van der Waals surface area contributed by atoms with E-state index < -0.39 is 0 Å². The van der Waals surface area contributed by atoms with Crippen LogP contribution < -0.4 is 0 Å². The average molecular weight is 763 g/mol. The van der Waals surface area contributed by atoms with Crippen molar-refractivity contribution in [1.29, 1.82) is 26.3 Å². The number of rotatable bonds is 5. The number of para-hydroxylation sites is 2. The zero-order chi connectivity index (χ0) is 40.9. The van der Waals surface area contributed by atoms with E-state index in [1.165, 1.54) is 0 Å². The number of benzene rings is 7. The normalized spacial score (nSPS) is 10.9. The van der Waals surface area contributed by atoms with Crippen molar-refractivity contribution in [2.24, 2.45) is 0 Å². The van der Waals surface area contributed by atoms with Crippen LogP contribution in [0.2, 0.25) is 0 Å². The van der Waals surface area contributed by atoms with Crippen molar-refractivity contribution in [2.45, 2.75) is 0 Å². The molecule has 0 aliphatic rings. The standard InChI is InChI=1S/C52H26N8/c53-25-32-13-17-39(37(21-32)28-56)34-15-19-48-44(23-34)42-9-3-5-11-46(42)59(48)50-30-58-31-51(52(50)41-8-2-1-7-36(41)27-55)60-47-12-6-4-10-43(47)45-24-35(16-20-49(45)60)40-18-14-33(26-54)22-38(40)29-57/h1-24,30-31H. The summed E-state index contributed by atoms with van der Waals surface area (Å²) in [7, 11) is 0. The molecular weight excluding hydrogens is 737 g/mol. The van der Waals surface area contributed by atoms with E-state index in [2.05, 4.69) is 88.0 Å². The number of pyridine rings is 1. The molecule has 0 N–H and O–H groups in total. The van der Waals surface area contributed by atoms with Gasteiger partial charge in [-0.15, -0.1) is 0 Å². The van der Waals surface area contributed by atoms with Crippen molar-refractivity contribution in [3.63, 3.8) is 0 Å². The molecule has 0 saturated heterocycles. The maximum atomic E-state index is 10.6. The first-order valence-corrected chi connectivity index (χ1v) is 19.0. The fourth-order valence-electron chi connectivity index (χ4n) is 8.57. The van der Waals surface area contributed by atoms with Gasteiger partial charge in [-0.3, -0.25) is 4.98 Å². The lowest BCUT2D eigenvalue weighted by Gasteiger charge is -2.20. The molecule has 7 aromatic carbocycles. The molecule has 0 aliphatic carbocycles. The molecule has 0 atom stereocenters. The zero-order valence-corrected chi connectivity index (χ0v) is 31.6. The van der Waals surface area contributed by atoms with Crippen molar-refractivity contribution in [3.8, 4) is 75.1 Å². The predicted octanol–water partition coefficient (Wildman–Crippen LogP) is 11.6. The fraction of sp³-hybridized carbons (Fsp3) is 0. The van der Waals surface area contributed by atoms with Gasteiger partial charge >= 0.3 is 0 Å². The zero-order valence-electron chi connectivity index (χ0n) is 31.6. The van der Waals surface area contributed by atoms with Gasteiger partial charge in [0.15, 0.2) is 0 Å². The lowest BCUT2D eigenvalue weighted by atomic mass is 9.96. The molecule has 8 heteroatoms. The number of hydrogen-bond acceptors (Lipinski definition) is 6. The first-order valence-electron chi connectivity index (χ1n) is 19.0. The Morgan fingerprint density at radius 3 is 1.30 bits per heavy atom. The summed E-state index contributed by atoms with van der Waals surface area (Å²) in [5.74, 6) is 0. The highest BCUT2D eigenvalue weighted by molar-refractivity contribution is 6.13. The van der Waals surface area contributed by atoms with Crippen LogP contribution in [0.15, 0.2) is 158 Å². The van der Waals surface area contributed by atoms with Gasteiger partial charge in [0.25, 0.3) is 0 Å². The fourth-order valence-corrected chi connectivity index (χ4v) is 8.57. The summed E-state index contributed by atoms with van der Waals surface area (Å²) in [4.78, 5) is 4.92. The minimum Gasteiger partial charge on any atom is -0.307 e. The maximum absolute atomic E-state index is 10.6. The van der Waals surface area contributed by atoms with Crippen LogP contribution in [0, 0.1) is 56.7 Å². The molecule has 3 aromatic heterocycles. The van der Waals surface area contributed by atoms with Gasteiger partial charge in [-0.1, -0.05) is 78.9 Å². The quantitative estimate of drug-likeness (QED) is 0.171. The van der Waals surface area contributed by atoms with Crippen molar-refractivity contribution >= 4 is 43.6 Å². The van der Waals surface area contributed by atoms with Crippen molar-refractivity contribution in [2.75, 3.05) is 0 Å². The number of aromatic nitrogens is 3. The third-order valence-corrected chi connectivity index (χ3v) is 11.2. The molecule has 0 saturated carbocycles. The van der Waals surface area contributed by atoms with Crippen LogP contribution in [0.5, 0.6) is 0 Å². The number of nitriles is 5. The summed E-state index contributed by atoms with van der Waals surface area (Å²) in [6.07, 6.45) is 3.70. The Hall–Kier alpha value is -9.26. The number of nitrogens with zero attached hydrogens (tertiary/aromatic N) is 8. The van der Waals surface area contributed by atoms with Crippen LogP contribution in [0.4, 0.5) is 0 Å². The Labute approximate surface area is 343 Å². The summed E-state index contributed by atoms with van der Waals surface area (Å²) in [5.41, 5.74) is 12.1. The molecular formula is C52H26N8. The highest BCUT2D eigenvalue weighted by Crippen LogP contribution is 2.44. The van der Waals surface area contributed by atoms with Crippen molar-refractivity contribution in [3.05, 3.63) is 186 Å². The van der Waals surface area contributed by atoms with Crippen LogP contribution in [-0.2, 0) is 0 Å². The van der Waals surface area contributed by atoms with Gasteiger partial charge in [0.2, 0.25) is 0 Å². The number of fused-ring (bicyclic) bond motifs is 6. The Morgan fingerprint density at radius 1 is 0.367 bits per heavy atom. The highest BCUT2D eigenvalue weighted by atomic mass is 15.0. The summed E-state index contributed by atoms with van der Waals surface area (Å²) in [6.45, 7) is 0. The minimum absolute atomic E-state index is 0.421. The lowest BCUT2D eigenvalue weighted by Crippen LogP contribution is -2.05. The molecule has 10 aromatic rings. The molecule has 274 valence electrons. The van der Waals surface area contributed by atoms with Gasteiger partial charge in [-0.2, -0.15) is 26.3 Å². The van der Waals surface area contributed by atoms with E-state index in [4.69, 9.17) is 4.98 Å².